The van der Waals surface area contributed by atoms with Crippen molar-refractivity contribution in [2.24, 2.45) is 5.92 Å². The molecule has 2 fully saturated rings. The third-order valence-corrected chi connectivity index (χ3v) is 4.08. The highest BCUT2D eigenvalue weighted by Crippen LogP contribution is 2.19. The number of piperidine rings is 1. The number of hydrogen-bond acceptors (Lipinski definition) is 4. The van der Waals surface area contributed by atoms with E-state index in [9.17, 15) is 0 Å². The lowest BCUT2D eigenvalue weighted by molar-refractivity contribution is -0.0118. The van der Waals surface area contributed by atoms with Crippen LogP contribution >= 0.6 is 0 Å². The Kier molecular flexibility index (Phi) is 4.48. The van der Waals surface area contributed by atoms with Gasteiger partial charge >= 0.3 is 0 Å². The number of aromatic amines is 1. The van der Waals surface area contributed by atoms with E-state index >= 15 is 0 Å². The van der Waals surface area contributed by atoms with Crippen LogP contribution in [0.15, 0.2) is 12.3 Å². The molecule has 19 heavy (non-hydrogen) atoms. The van der Waals surface area contributed by atoms with Gasteiger partial charge in [0.2, 0.25) is 0 Å². The first-order valence-electron chi connectivity index (χ1n) is 7.30. The van der Waals surface area contributed by atoms with Crippen molar-refractivity contribution in [1.29, 1.82) is 0 Å². The SMILES string of the molecule is c1cc(CN2CCC(OCC3CCOC3)CC2)[nH]n1. The van der Waals surface area contributed by atoms with Gasteiger partial charge < -0.3 is 9.47 Å². The first-order chi connectivity index (χ1) is 9.40. The normalized spacial score (nSPS) is 26.0. The summed E-state index contributed by atoms with van der Waals surface area (Å²) in [6.07, 6.45) is 5.70. The van der Waals surface area contributed by atoms with Crippen molar-refractivity contribution >= 4 is 0 Å². The van der Waals surface area contributed by atoms with Crippen molar-refractivity contribution in [3.63, 3.8) is 0 Å². The summed E-state index contributed by atoms with van der Waals surface area (Å²) in [5.74, 6) is 0.628. The number of H-pyrrole nitrogens is 1. The molecule has 0 aromatic carbocycles. The Bertz CT molecular complexity index is 355. The van der Waals surface area contributed by atoms with Gasteiger partial charge in [0.05, 0.1) is 19.3 Å². The molecule has 1 unspecified atom stereocenters. The number of hydrogen-bond donors (Lipinski definition) is 1. The second-order valence-corrected chi connectivity index (χ2v) is 5.62. The van der Waals surface area contributed by atoms with Crippen molar-refractivity contribution in [2.45, 2.75) is 31.9 Å². The highest BCUT2D eigenvalue weighted by atomic mass is 16.5. The van der Waals surface area contributed by atoms with E-state index in [4.69, 9.17) is 9.47 Å². The van der Waals surface area contributed by atoms with Gasteiger partial charge in [-0.05, 0) is 25.3 Å². The number of nitrogens with zero attached hydrogens (tertiary/aromatic N) is 2. The zero-order valence-electron chi connectivity index (χ0n) is 11.4. The number of ether oxygens (including phenoxy) is 2. The summed E-state index contributed by atoms with van der Waals surface area (Å²) in [6.45, 7) is 5.89. The van der Waals surface area contributed by atoms with Gasteiger partial charge in [0.15, 0.2) is 0 Å². The molecular weight excluding hydrogens is 242 g/mol. The second-order valence-electron chi connectivity index (χ2n) is 5.62. The van der Waals surface area contributed by atoms with Crippen LogP contribution in [0, 0.1) is 5.92 Å². The lowest BCUT2D eigenvalue weighted by atomic mass is 10.1. The van der Waals surface area contributed by atoms with Gasteiger partial charge in [0.25, 0.3) is 0 Å². The van der Waals surface area contributed by atoms with Crippen molar-refractivity contribution in [3.8, 4) is 0 Å². The Labute approximate surface area is 114 Å². The van der Waals surface area contributed by atoms with Gasteiger partial charge in [-0.1, -0.05) is 0 Å². The molecule has 3 heterocycles. The molecule has 5 heteroatoms. The molecule has 0 spiro atoms. The third kappa shape index (κ3) is 3.78. The summed E-state index contributed by atoms with van der Waals surface area (Å²) in [4.78, 5) is 2.46. The van der Waals surface area contributed by atoms with Crippen LogP contribution in [0.25, 0.3) is 0 Å². The molecule has 0 amide bonds. The first-order valence-corrected chi connectivity index (χ1v) is 7.30. The summed E-state index contributed by atoms with van der Waals surface area (Å²) in [7, 11) is 0. The minimum Gasteiger partial charge on any atom is -0.381 e. The third-order valence-electron chi connectivity index (χ3n) is 4.08. The molecule has 106 valence electrons. The van der Waals surface area contributed by atoms with E-state index in [0.29, 0.717) is 12.0 Å². The summed E-state index contributed by atoms with van der Waals surface area (Å²) >= 11 is 0. The van der Waals surface area contributed by atoms with E-state index in [1.807, 2.05) is 12.3 Å². The quantitative estimate of drug-likeness (QED) is 0.875. The Morgan fingerprint density at radius 1 is 1.37 bits per heavy atom. The molecule has 3 rings (SSSR count). The summed E-state index contributed by atoms with van der Waals surface area (Å²) < 4.78 is 11.4. The van der Waals surface area contributed by atoms with Crippen molar-refractivity contribution in [1.82, 2.24) is 15.1 Å². The minimum absolute atomic E-state index is 0.443. The van der Waals surface area contributed by atoms with Crippen molar-refractivity contribution in [3.05, 3.63) is 18.0 Å². The van der Waals surface area contributed by atoms with Crippen LogP contribution < -0.4 is 0 Å². The highest BCUT2D eigenvalue weighted by molar-refractivity contribution is 4.97. The summed E-state index contributed by atoms with van der Waals surface area (Å²) in [5.41, 5.74) is 1.20. The molecular formula is C14H23N3O2. The zero-order valence-corrected chi connectivity index (χ0v) is 11.4. The van der Waals surface area contributed by atoms with Crippen molar-refractivity contribution in [2.75, 3.05) is 32.9 Å². The number of likely N-dealkylation sites (tertiary alicyclic amines) is 1. The highest BCUT2D eigenvalue weighted by Gasteiger charge is 2.22. The Morgan fingerprint density at radius 3 is 2.95 bits per heavy atom. The molecule has 1 aromatic rings. The topological polar surface area (TPSA) is 50.4 Å². The van der Waals surface area contributed by atoms with Gasteiger partial charge in [-0.3, -0.25) is 10.00 Å². The summed E-state index contributed by atoms with van der Waals surface area (Å²) in [5, 5.41) is 7.01. The van der Waals surface area contributed by atoms with Gasteiger partial charge in [0.1, 0.15) is 0 Å². The second kappa shape index (κ2) is 6.50. The van der Waals surface area contributed by atoms with Crippen LogP contribution in [-0.4, -0.2) is 54.1 Å². The Hall–Kier alpha value is -0.910. The standard InChI is InChI=1S/C14H23N3O2/c1-5-15-16-13(1)9-17-6-2-14(3-7-17)19-11-12-4-8-18-10-12/h1,5,12,14H,2-4,6-11H2,(H,15,16). The zero-order chi connectivity index (χ0) is 12.9. The molecule has 1 aromatic heterocycles. The van der Waals surface area contributed by atoms with E-state index in [-0.39, 0.29) is 0 Å². The number of nitrogens with one attached hydrogen (secondary N) is 1. The Balaban J connectivity index is 1.34. The van der Waals surface area contributed by atoms with E-state index < -0.39 is 0 Å². The molecule has 2 aliphatic heterocycles. The molecule has 0 saturated carbocycles. The lowest BCUT2D eigenvalue weighted by Crippen LogP contribution is -2.37. The predicted octanol–water partition coefficient (Wildman–Crippen LogP) is 1.43. The molecule has 1 atom stereocenters. The van der Waals surface area contributed by atoms with Gasteiger partial charge in [-0.15, -0.1) is 0 Å². The van der Waals surface area contributed by atoms with Crippen LogP contribution in [0.5, 0.6) is 0 Å². The van der Waals surface area contributed by atoms with Crippen LogP contribution in [0.2, 0.25) is 0 Å². The fraction of sp³-hybridized carbons (Fsp3) is 0.786. The lowest BCUT2D eigenvalue weighted by Gasteiger charge is -2.31. The number of aromatic nitrogens is 2. The fourth-order valence-electron chi connectivity index (χ4n) is 2.83. The van der Waals surface area contributed by atoms with Crippen molar-refractivity contribution < 1.29 is 9.47 Å². The fourth-order valence-corrected chi connectivity index (χ4v) is 2.83. The maximum Gasteiger partial charge on any atom is 0.0599 e. The van der Waals surface area contributed by atoms with Crippen LogP contribution in [-0.2, 0) is 16.0 Å². The molecule has 2 saturated heterocycles. The molecule has 0 radical (unpaired) electrons. The van der Waals surface area contributed by atoms with E-state index in [1.54, 1.807) is 0 Å². The minimum atomic E-state index is 0.443. The van der Waals surface area contributed by atoms with Crippen LogP contribution in [0.3, 0.4) is 0 Å². The van der Waals surface area contributed by atoms with Crippen LogP contribution in [0.4, 0.5) is 0 Å². The molecule has 2 aliphatic rings. The molecule has 5 nitrogen and oxygen atoms in total. The van der Waals surface area contributed by atoms with Gasteiger partial charge in [-0.25, -0.2) is 0 Å². The van der Waals surface area contributed by atoms with Gasteiger partial charge in [0, 0.05) is 44.0 Å². The smallest absolute Gasteiger partial charge is 0.0599 e. The molecule has 1 N–H and O–H groups in total. The largest absolute Gasteiger partial charge is 0.381 e. The Morgan fingerprint density at radius 2 is 2.26 bits per heavy atom. The van der Waals surface area contributed by atoms with E-state index in [0.717, 1.165) is 52.3 Å². The maximum atomic E-state index is 6.02. The van der Waals surface area contributed by atoms with Gasteiger partial charge in [-0.2, -0.15) is 5.10 Å². The van der Waals surface area contributed by atoms with E-state index in [1.165, 1.54) is 12.1 Å². The van der Waals surface area contributed by atoms with E-state index in [2.05, 4.69) is 15.1 Å². The monoisotopic (exact) mass is 265 g/mol. The average Bonchev–Trinajstić information content (AvgIpc) is 3.11. The summed E-state index contributed by atoms with van der Waals surface area (Å²) in [6, 6.07) is 2.04. The number of rotatable bonds is 5. The molecule has 0 bridgehead atoms. The molecule has 0 aliphatic carbocycles. The average molecular weight is 265 g/mol. The predicted molar refractivity (Wildman–Crippen MR) is 71.8 cm³/mol. The first kappa shape index (κ1) is 13.1. The maximum absolute atomic E-state index is 6.02. The van der Waals surface area contributed by atoms with Crippen LogP contribution in [0.1, 0.15) is 25.0 Å².